The zero-order valence-corrected chi connectivity index (χ0v) is 7.96. The lowest BCUT2D eigenvalue weighted by Gasteiger charge is -1.98. The molecule has 2 nitrogen and oxygen atoms in total. The molecule has 0 amide bonds. The van der Waals surface area contributed by atoms with Gasteiger partial charge in [-0.05, 0) is 18.2 Å². The molecule has 0 atom stereocenters. The van der Waals surface area contributed by atoms with E-state index in [2.05, 4.69) is 29.6 Å². The van der Waals surface area contributed by atoms with Crippen molar-refractivity contribution < 1.29 is 0 Å². The van der Waals surface area contributed by atoms with Crippen LogP contribution in [0.4, 0.5) is 0 Å². The molecule has 1 aromatic carbocycles. The Morgan fingerprint density at radius 2 is 2.31 bits per heavy atom. The Morgan fingerprint density at radius 1 is 1.46 bits per heavy atom. The van der Waals surface area contributed by atoms with Crippen LogP contribution in [-0.4, -0.2) is 13.6 Å². The maximum absolute atomic E-state index is 5.54. The van der Waals surface area contributed by atoms with Gasteiger partial charge in [0.25, 0.3) is 0 Å². The van der Waals surface area contributed by atoms with Crippen molar-refractivity contribution >= 4 is 6.08 Å². The van der Waals surface area contributed by atoms with Gasteiger partial charge in [0.15, 0.2) is 0 Å². The molecule has 0 spiro atoms. The standard InChI is InChI=1S/C11H16N2/c1-13-7-3-6-10-4-2-5-11(8-10)9-12/h2-6,8,13H,7,9,12H2,1H3. The second-order valence-corrected chi connectivity index (χ2v) is 2.91. The van der Waals surface area contributed by atoms with Gasteiger partial charge < -0.3 is 11.1 Å². The van der Waals surface area contributed by atoms with Gasteiger partial charge in [0.2, 0.25) is 0 Å². The molecule has 0 aliphatic carbocycles. The Balaban J connectivity index is 2.66. The lowest BCUT2D eigenvalue weighted by Crippen LogP contribution is -2.03. The quantitative estimate of drug-likeness (QED) is 0.727. The van der Waals surface area contributed by atoms with E-state index < -0.39 is 0 Å². The predicted octanol–water partition coefficient (Wildman–Crippen LogP) is 1.38. The monoisotopic (exact) mass is 176 g/mol. The fourth-order valence-electron chi connectivity index (χ4n) is 1.14. The summed E-state index contributed by atoms with van der Waals surface area (Å²) in [6, 6.07) is 8.24. The minimum Gasteiger partial charge on any atom is -0.326 e. The molecule has 3 N–H and O–H groups in total. The van der Waals surface area contributed by atoms with Crippen LogP contribution in [0.1, 0.15) is 11.1 Å². The van der Waals surface area contributed by atoms with Crippen molar-refractivity contribution in [2.45, 2.75) is 6.54 Å². The molecular weight excluding hydrogens is 160 g/mol. The topological polar surface area (TPSA) is 38.0 Å². The van der Waals surface area contributed by atoms with E-state index in [0.717, 1.165) is 6.54 Å². The maximum Gasteiger partial charge on any atom is 0.0178 e. The van der Waals surface area contributed by atoms with E-state index in [-0.39, 0.29) is 0 Å². The minimum atomic E-state index is 0.605. The van der Waals surface area contributed by atoms with E-state index in [4.69, 9.17) is 5.73 Å². The molecule has 0 saturated carbocycles. The number of hydrogen-bond acceptors (Lipinski definition) is 2. The first-order chi connectivity index (χ1) is 6.36. The van der Waals surface area contributed by atoms with E-state index in [9.17, 15) is 0 Å². The Labute approximate surface area is 79.5 Å². The van der Waals surface area contributed by atoms with Crippen LogP contribution in [0, 0.1) is 0 Å². The van der Waals surface area contributed by atoms with Crippen molar-refractivity contribution in [3.8, 4) is 0 Å². The van der Waals surface area contributed by atoms with Crippen LogP contribution in [0.25, 0.3) is 6.08 Å². The summed E-state index contributed by atoms with van der Waals surface area (Å²) in [4.78, 5) is 0. The van der Waals surface area contributed by atoms with Crippen LogP contribution in [0.5, 0.6) is 0 Å². The molecule has 0 fully saturated rings. The van der Waals surface area contributed by atoms with Gasteiger partial charge in [0, 0.05) is 13.1 Å². The molecule has 13 heavy (non-hydrogen) atoms. The average Bonchev–Trinajstić information content (AvgIpc) is 2.19. The first-order valence-corrected chi connectivity index (χ1v) is 4.47. The Hall–Kier alpha value is -1.12. The van der Waals surface area contributed by atoms with Gasteiger partial charge in [-0.1, -0.05) is 36.4 Å². The van der Waals surface area contributed by atoms with Crippen LogP contribution in [0.15, 0.2) is 30.3 Å². The van der Waals surface area contributed by atoms with Crippen molar-refractivity contribution in [2.75, 3.05) is 13.6 Å². The SMILES string of the molecule is CNCC=Cc1cccc(CN)c1. The van der Waals surface area contributed by atoms with Crippen molar-refractivity contribution in [1.82, 2.24) is 5.32 Å². The van der Waals surface area contributed by atoms with Gasteiger partial charge in [-0.15, -0.1) is 0 Å². The molecule has 0 bridgehead atoms. The van der Waals surface area contributed by atoms with Crippen molar-refractivity contribution in [3.05, 3.63) is 41.5 Å². The summed E-state index contributed by atoms with van der Waals surface area (Å²) in [6.45, 7) is 1.50. The summed E-state index contributed by atoms with van der Waals surface area (Å²) < 4.78 is 0. The minimum absolute atomic E-state index is 0.605. The third kappa shape index (κ3) is 3.40. The molecule has 2 heteroatoms. The van der Waals surface area contributed by atoms with E-state index in [1.165, 1.54) is 11.1 Å². The molecule has 70 valence electrons. The van der Waals surface area contributed by atoms with E-state index in [1.54, 1.807) is 0 Å². The van der Waals surface area contributed by atoms with Crippen molar-refractivity contribution in [3.63, 3.8) is 0 Å². The van der Waals surface area contributed by atoms with E-state index >= 15 is 0 Å². The molecular formula is C11H16N2. The highest BCUT2D eigenvalue weighted by molar-refractivity contribution is 5.50. The summed E-state index contributed by atoms with van der Waals surface area (Å²) in [7, 11) is 1.93. The third-order valence-electron chi connectivity index (χ3n) is 1.82. The smallest absolute Gasteiger partial charge is 0.0178 e. The lowest BCUT2D eigenvalue weighted by molar-refractivity contribution is 0.922. The fraction of sp³-hybridized carbons (Fsp3) is 0.273. The number of nitrogens with two attached hydrogens (primary N) is 1. The van der Waals surface area contributed by atoms with E-state index in [1.807, 2.05) is 19.2 Å². The van der Waals surface area contributed by atoms with Gasteiger partial charge in [-0.25, -0.2) is 0 Å². The van der Waals surface area contributed by atoms with Gasteiger partial charge >= 0.3 is 0 Å². The van der Waals surface area contributed by atoms with E-state index in [0.29, 0.717) is 6.54 Å². The summed E-state index contributed by atoms with van der Waals surface area (Å²) in [6.07, 6.45) is 4.19. The average molecular weight is 176 g/mol. The second-order valence-electron chi connectivity index (χ2n) is 2.91. The molecule has 1 rings (SSSR count). The zero-order chi connectivity index (χ0) is 9.52. The highest BCUT2D eigenvalue weighted by Gasteiger charge is 1.89. The number of hydrogen-bond donors (Lipinski definition) is 2. The molecule has 1 aromatic rings. The first kappa shape index (κ1) is 9.96. The summed E-state index contributed by atoms with van der Waals surface area (Å²) in [5, 5.41) is 3.06. The Kier molecular flexibility index (Phi) is 4.23. The Morgan fingerprint density at radius 3 is 3.00 bits per heavy atom. The largest absolute Gasteiger partial charge is 0.326 e. The third-order valence-corrected chi connectivity index (χ3v) is 1.82. The normalized spacial score (nSPS) is 10.9. The van der Waals surface area contributed by atoms with Gasteiger partial charge in [-0.2, -0.15) is 0 Å². The maximum atomic E-state index is 5.54. The number of likely N-dealkylation sites (N-methyl/N-ethyl adjacent to an activating group) is 1. The van der Waals surface area contributed by atoms with Gasteiger partial charge in [0.05, 0.1) is 0 Å². The van der Waals surface area contributed by atoms with Crippen LogP contribution in [0.3, 0.4) is 0 Å². The van der Waals surface area contributed by atoms with Crippen LogP contribution in [-0.2, 0) is 6.54 Å². The van der Waals surface area contributed by atoms with Gasteiger partial charge in [-0.3, -0.25) is 0 Å². The molecule has 0 saturated heterocycles. The first-order valence-electron chi connectivity index (χ1n) is 4.47. The van der Waals surface area contributed by atoms with Crippen LogP contribution >= 0.6 is 0 Å². The lowest BCUT2D eigenvalue weighted by atomic mass is 10.1. The highest BCUT2D eigenvalue weighted by Crippen LogP contribution is 2.05. The number of benzene rings is 1. The number of rotatable bonds is 4. The molecule has 0 unspecified atom stereocenters. The predicted molar refractivity (Wildman–Crippen MR) is 57.3 cm³/mol. The molecule has 0 aromatic heterocycles. The summed E-state index contributed by atoms with van der Waals surface area (Å²) in [5.41, 5.74) is 7.92. The summed E-state index contributed by atoms with van der Waals surface area (Å²) >= 11 is 0. The molecule has 0 radical (unpaired) electrons. The number of nitrogens with one attached hydrogen (secondary N) is 1. The fourth-order valence-corrected chi connectivity index (χ4v) is 1.14. The molecule has 0 aliphatic heterocycles. The van der Waals surface area contributed by atoms with Crippen LogP contribution in [0.2, 0.25) is 0 Å². The zero-order valence-electron chi connectivity index (χ0n) is 7.96. The van der Waals surface area contributed by atoms with Crippen molar-refractivity contribution in [1.29, 1.82) is 0 Å². The molecule has 0 aliphatic rings. The van der Waals surface area contributed by atoms with Crippen LogP contribution < -0.4 is 11.1 Å². The Bertz CT molecular complexity index is 279. The second kappa shape index (κ2) is 5.51. The van der Waals surface area contributed by atoms with Crippen molar-refractivity contribution in [2.24, 2.45) is 5.73 Å². The van der Waals surface area contributed by atoms with Gasteiger partial charge in [0.1, 0.15) is 0 Å². The summed E-state index contributed by atoms with van der Waals surface area (Å²) in [5.74, 6) is 0. The molecule has 0 heterocycles. The highest BCUT2D eigenvalue weighted by atomic mass is 14.8.